The molecule has 2 nitrogen and oxygen atoms in total. The third-order valence-electron chi connectivity index (χ3n) is 1.97. The summed E-state index contributed by atoms with van der Waals surface area (Å²) < 4.78 is 0. The third kappa shape index (κ3) is 2.16. The summed E-state index contributed by atoms with van der Waals surface area (Å²) >= 11 is 0. The molecule has 0 aliphatic rings. The number of benzene rings is 1. The molecule has 0 bridgehead atoms. The van der Waals surface area contributed by atoms with Crippen molar-refractivity contribution in [2.45, 2.75) is 13.8 Å². The molecule has 0 saturated heterocycles. The van der Waals surface area contributed by atoms with Crippen molar-refractivity contribution in [3.8, 4) is 0 Å². The average molecular weight is 190 g/mol. The second-order valence-electron chi connectivity index (χ2n) is 3.00. The van der Waals surface area contributed by atoms with E-state index in [9.17, 15) is 10.2 Å². The van der Waals surface area contributed by atoms with Crippen LogP contribution in [0, 0.1) is 0 Å². The van der Waals surface area contributed by atoms with Crippen molar-refractivity contribution in [1.82, 2.24) is 0 Å². The van der Waals surface area contributed by atoms with Gasteiger partial charge in [-0.05, 0) is 19.4 Å². The minimum absolute atomic E-state index is 0.0676. The van der Waals surface area contributed by atoms with E-state index in [0.717, 1.165) is 5.56 Å². The summed E-state index contributed by atoms with van der Waals surface area (Å²) in [5, 5.41) is 18.8. The fourth-order valence-electron chi connectivity index (χ4n) is 1.25. The van der Waals surface area contributed by atoms with E-state index in [1.165, 1.54) is 6.92 Å². The van der Waals surface area contributed by atoms with Crippen molar-refractivity contribution in [3.05, 3.63) is 53.5 Å². The molecule has 0 radical (unpaired) electrons. The van der Waals surface area contributed by atoms with Crippen LogP contribution >= 0.6 is 0 Å². The predicted molar refractivity (Wildman–Crippen MR) is 58.1 cm³/mol. The zero-order chi connectivity index (χ0) is 10.6. The Bertz CT molecular complexity index is 357. The number of aliphatic hydroxyl groups is 2. The minimum atomic E-state index is -0.0706. The Morgan fingerprint density at radius 1 is 1.14 bits per heavy atom. The summed E-state index contributed by atoms with van der Waals surface area (Å²) in [6, 6.07) is 9.45. The van der Waals surface area contributed by atoms with Gasteiger partial charge in [0, 0.05) is 5.57 Å². The zero-order valence-corrected chi connectivity index (χ0v) is 8.36. The monoisotopic (exact) mass is 190 g/mol. The molecule has 0 amide bonds. The van der Waals surface area contributed by atoms with E-state index in [2.05, 4.69) is 0 Å². The van der Waals surface area contributed by atoms with Crippen LogP contribution in [0.15, 0.2) is 47.9 Å². The molecule has 1 aromatic rings. The van der Waals surface area contributed by atoms with Gasteiger partial charge >= 0.3 is 0 Å². The number of allylic oxidation sites excluding steroid dienone is 3. The van der Waals surface area contributed by atoms with Crippen molar-refractivity contribution in [2.75, 3.05) is 0 Å². The predicted octanol–water partition coefficient (Wildman–Crippen LogP) is 3.44. The van der Waals surface area contributed by atoms with E-state index in [1.807, 2.05) is 37.3 Å². The molecule has 1 aromatic carbocycles. The highest BCUT2D eigenvalue weighted by atomic mass is 16.3. The first-order chi connectivity index (χ1) is 6.66. The Labute approximate surface area is 83.8 Å². The molecule has 2 heteroatoms. The third-order valence-corrected chi connectivity index (χ3v) is 1.97. The number of aliphatic hydroxyl groups excluding tert-OH is 2. The molecule has 0 unspecified atom stereocenters. The molecular weight excluding hydrogens is 176 g/mol. The Kier molecular flexibility index (Phi) is 3.35. The van der Waals surface area contributed by atoms with Gasteiger partial charge in [-0.2, -0.15) is 0 Å². The Morgan fingerprint density at radius 2 is 1.71 bits per heavy atom. The van der Waals surface area contributed by atoms with Gasteiger partial charge in [0.05, 0.1) is 0 Å². The van der Waals surface area contributed by atoms with Crippen LogP contribution in [-0.2, 0) is 0 Å². The van der Waals surface area contributed by atoms with Gasteiger partial charge in [-0.3, -0.25) is 0 Å². The lowest BCUT2D eigenvalue weighted by molar-refractivity contribution is 0.343. The van der Waals surface area contributed by atoms with Gasteiger partial charge in [0.1, 0.15) is 5.76 Å². The summed E-state index contributed by atoms with van der Waals surface area (Å²) in [5.41, 5.74) is 1.53. The van der Waals surface area contributed by atoms with E-state index < -0.39 is 0 Å². The molecule has 0 fully saturated rings. The lowest BCUT2D eigenvalue weighted by Crippen LogP contribution is -1.92. The maximum Gasteiger partial charge on any atom is 0.160 e. The summed E-state index contributed by atoms with van der Waals surface area (Å²) in [5.74, 6) is -0.138. The molecule has 0 aliphatic carbocycles. The van der Waals surface area contributed by atoms with E-state index >= 15 is 0 Å². The van der Waals surface area contributed by atoms with Gasteiger partial charge in [-0.25, -0.2) is 0 Å². The van der Waals surface area contributed by atoms with Crippen molar-refractivity contribution < 1.29 is 10.2 Å². The second kappa shape index (κ2) is 4.51. The summed E-state index contributed by atoms with van der Waals surface area (Å²) in [6.45, 7) is 3.28. The standard InChI is InChI=1S/C12H14O2/c1-3-11(12(14)9(2)13)10-7-5-4-6-8-10/h3-8,13-14H,1-2H3. The number of hydrogen-bond donors (Lipinski definition) is 2. The van der Waals surface area contributed by atoms with Crippen LogP contribution in [0.5, 0.6) is 0 Å². The smallest absolute Gasteiger partial charge is 0.160 e. The molecule has 1 rings (SSSR count). The van der Waals surface area contributed by atoms with Gasteiger partial charge in [0.15, 0.2) is 5.76 Å². The Balaban J connectivity index is 3.15. The van der Waals surface area contributed by atoms with Gasteiger partial charge in [-0.15, -0.1) is 0 Å². The van der Waals surface area contributed by atoms with E-state index in [1.54, 1.807) is 6.08 Å². The fourth-order valence-corrected chi connectivity index (χ4v) is 1.25. The maximum absolute atomic E-state index is 9.60. The summed E-state index contributed by atoms with van der Waals surface area (Å²) in [7, 11) is 0. The molecule has 0 heterocycles. The van der Waals surface area contributed by atoms with Crippen LogP contribution in [-0.4, -0.2) is 10.2 Å². The van der Waals surface area contributed by atoms with Crippen LogP contribution < -0.4 is 0 Å². The number of rotatable bonds is 2. The topological polar surface area (TPSA) is 40.5 Å². The largest absolute Gasteiger partial charge is 0.509 e. The Hall–Kier alpha value is -1.70. The molecule has 0 atom stereocenters. The first-order valence-corrected chi connectivity index (χ1v) is 4.47. The van der Waals surface area contributed by atoms with Gasteiger partial charge in [0.2, 0.25) is 0 Å². The fraction of sp³-hybridized carbons (Fsp3) is 0.167. The molecule has 0 spiro atoms. The van der Waals surface area contributed by atoms with Crippen LogP contribution in [0.25, 0.3) is 5.57 Å². The Morgan fingerprint density at radius 3 is 2.14 bits per heavy atom. The van der Waals surface area contributed by atoms with Gasteiger partial charge in [-0.1, -0.05) is 36.4 Å². The molecule has 74 valence electrons. The van der Waals surface area contributed by atoms with Crippen LogP contribution in [0.2, 0.25) is 0 Å². The molecule has 0 saturated carbocycles. The number of hydrogen-bond acceptors (Lipinski definition) is 2. The van der Waals surface area contributed by atoms with Crippen LogP contribution in [0.3, 0.4) is 0 Å². The molecule has 14 heavy (non-hydrogen) atoms. The average Bonchev–Trinajstić information content (AvgIpc) is 2.20. The first-order valence-electron chi connectivity index (χ1n) is 4.47. The van der Waals surface area contributed by atoms with Crippen molar-refractivity contribution in [1.29, 1.82) is 0 Å². The SMILES string of the molecule is CC=C(C(O)=C(C)O)c1ccccc1. The second-order valence-corrected chi connectivity index (χ2v) is 3.00. The first kappa shape index (κ1) is 10.4. The molecule has 0 aliphatic heterocycles. The van der Waals surface area contributed by atoms with Crippen molar-refractivity contribution in [2.24, 2.45) is 0 Å². The molecule has 2 N–H and O–H groups in total. The summed E-state index contributed by atoms with van der Waals surface area (Å²) in [4.78, 5) is 0. The van der Waals surface area contributed by atoms with E-state index in [0.29, 0.717) is 5.57 Å². The van der Waals surface area contributed by atoms with E-state index in [-0.39, 0.29) is 11.5 Å². The highest BCUT2D eigenvalue weighted by Crippen LogP contribution is 2.22. The zero-order valence-electron chi connectivity index (χ0n) is 8.36. The molecular formula is C12H14O2. The van der Waals surface area contributed by atoms with Crippen molar-refractivity contribution in [3.63, 3.8) is 0 Å². The van der Waals surface area contributed by atoms with Crippen LogP contribution in [0.1, 0.15) is 19.4 Å². The lowest BCUT2D eigenvalue weighted by atomic mass is 10.0. The molecule has 0 aromatic heterocycles. The maximum atomic E-state index is 9.60. The minimum Gasteiger partial charge on any atom is -0.509 e. The lowest BCUT2D eigenvalue weighted by Gasteiger charge is -2.06. The van der Waals surface area contributed by atoms with E-state index in [4.69, 9.17) is 0 Å². The highest BCUT2D eigenvalue weighted by molar-refractivity contribution is 5.76. The van der Waals surface area contributed by atoms with Crippen LogP contribution in [0.4, 0.5) is 0 Å². The summed E-state index contributed by atoms with van der Waals surface area (Å²) in [6.07, 6.45) is 1.77. The quantitative estimate of drug-likeness (QED) is 0.554. The normalized spacial score (nSPS) is 13.7. The highest BCUT2D eigenvalue weighted by Gasteiger charge is 2.07. The van der Waals surface area contributed by atoms with Gasteiger partial charge < -0.3 is 10.2 Å². The van der Waals surface area contributed by atoms with Crippen molar-refractivity contribution >= 4 is 5.57 Å². The van der Waals surface area contributed by atoms with Gasteiger partial charge in [0.25, 0.3) is 0 Å².